The molecule has 0 radical (unpaired) electrons. The lowest BCUT2D eigenvalue weighted by Crippen LogP contribution is -2.17. The fourth-order valence-corrected chi connectivity index (χ4v) is 2.02. The van der Waals surface area contributed by atoms with Gasteiger partial charge >= 0.3 is 5.97 Å². The van der Waals surface area contributed by atoms with E-state index in [4.69, 9.17) is 4.74 Å². The minimum atomic E-state index is -0.268. The third-order valence-corrected chi connectivity index (χ3v) is 2.71. The Balaban J connectivity index is 2.31. The molecule has 2 aromatic rings. The molecule has 4 nitrogen and oxygen atoms in total. The van der Waals surface area contributed by atoms with Gasteiger partial charge in [-0.15, -0.1) is 0 Å². The molecule has 0 atom stereocenters. The van der Waals surface area contributed by atoms with Crippen LogP contribution in [0.25, 0.3) is 10.9 Å². The lowest BCUT2D eigenvalue weighted by molar-refractivity contribution is -0.148. The first kappa shape index (κ1) is 12.6. The molecule has 18 heavy (non-hydrogen) atoms. The van der Waals surface area contributed by atoms with Crippen LogP contribution in [0.15, 0.2) is 30.5 Å². The molecular formula is C14H17NO3. The van der Waals surface area contributed by atoms with Gasteiger partial charge < -0.3 is 14.4 Å². The molecule has 1 N–H and O–H groups in total. The second-order valence-corrected chi connectivity index (χ2v) is 4.50. The number of esters is 1. The molecule has 0 aliphatic rings. The molecular weight excluding hydrogens is 230 g/mol. The lowest BCUT2D eigenvalue weighted by Gasteiger charge is -2.09. The summed E-state index contributed by atoms with van der Waals surface area (Å²) >= 11 is 0. The van der Waals surface area contributed by atoms with Crippen LogP contribution in [0.1, 0.15) is 19.4 Å². The molecule has 2 rings (SSSR count). The van der Waals surface area contributed by atoms with E-state index >= 15 is 0 Å². The molecule has 0 fully saturated rings. The number of carbonyl (C=O) groups excluding carboxylic acids is 1. The van der Waals surface area contributed by atoms with Crippen LogP contribution < -0.4 is 0 Å². The smallest absolute Gasteiger partial charge is 0.326 e. The summed E-state index contributed by atoms with van der Waals surface area (Å²) in [6.45, 7) is 3.78. The third kappa shape index (κ3) is 2.54. The molecule has 0 unspecified atom stereocenters. The van der Waals surface area contributed by atoms with Crippen molar-refractivity contribution in [3.63, 3.8) is 0 Å². The highest BCUT2D eigenvalue weighted by molar-refractivity contribution is 5.85. The third-order valence-electron chi connectivity index (χ3n) is 2.71. The molecule has 0 aliphatic heterocycles. The van der Waals surface area contributed by atoms with Crippen molar-refractivity contribution in [2.24, 2.45) is 0 Å². The maximum absolute atomic E-state index is 11.7. The molecule has 4 heteroatoms. The molecule has 1 heterocycles. The Labute approximate surface area is 106 Å². The van der Waals surface area contributed by atoms with Crippen LogP contribution in [0, 0.1) is 0 Å². The molecule has 96 valence electrons. The van der Waals surface area contributed by atoms with Gasteiger partial charge in [0.05, 0.1) is 12.7 Å². The molecule has 0 saturated heterocycles. The van der Waals surface area contributed by atoms with Crippen molar-refractivity contribution in [1.82, 2.24) is 4.57 Å². The highest BCUT2D eigenvalue weighted by Crippen LogP contribution is 2.21. The molecule has 1 aromatic heterocycles. The van der Waals surface area contributed by atoms with E-state index in [-0.39, 0.29) is 25.2 Å². The van der Waals surface area contributed by atoms with E-state index in [2.05, 4.69) is 0 Å². The van der Waals surface area contributed by atoms with E-state index < -0.39 is 0 Å². The summed E-state index contributed by atoms with van der Waals surface area (Å²) in [6, 6.07) is 7.69. The summed E-state index contributed by atoms with van der Waals surface area (Å²) in [5, 5.41) is 10.3. The van der Waals surface area contributed by atoms with Crippen molar-refractivity contribution in [1.29, 1.82) is 0 Å². The molecule has 0 amide bonds. The number of carbonyl (C=O) groups is 1. The Morgan fingerprint density at radius 3 is 2.78 bits per heavy atom. The molecule has 0 saturated carbocycles. The standard InChI is InChI=1S/C14H17NO3/c1-10(2)18-14(17)8-15-7-11(9-16)12-5-3-4-6-13(12)15/h3-7,10,16H,8-9H2,1-2H3. The maximum Gasteiger partial charge on any atom is 0.326 e. The van der Waals surface area contributed by atoms with Crippen LogP contribution in [0.2, 0.25) is 0 Å². The molecule has 0 aliphatic carbocycles. The number of benzene rings is 1. The summed E-state index contributed by atoms with van der Waals surface area (Å²) in [5.41, 5.74) is 1.75. The first-order valence-electron chi connectivity index (χ1n) is 5.99. The Morgan fingerprint density at radius 2 is 2.11 bits per heavy atom. The first-order valence-corrected chi connectivity index (χ1v) is 5.99. The summed E-state index contributed by atoms with van der Waals surface area (Å²) in [4.78, 5) is 11.7. The summed E-state index contributed by atoms with van der Waals surface area (Å²) in [5.74, 6) is -0.268. The van der Waals surface area contributed by atoms with Crippen LogP contribution >= 0.6 is 0 Å². The van der Waals surface area contributed by atoms with E-state index in [9.17, 15) is 9.90 Å². The molecule has 0 spiro atoms. The van der Waals surface area contributed by atoms with Crippen molar-refractivity contribution in [2.75, 3.05) is 0 Å². The van der Waals surface area contributed by atoms with Gasteiger partial charge in [0, 0.05) is 22.7 Å². The van der Waals surface area contributed by atoms with E-state index in [0.29, 0.717) is 0 Å². The van der Waals surface area contributed by atoms with Gasteiger partial charge in [0.2, 0.25) is 0 Å². The lowest BCUT2D eigenvalue weighted by atomic mass is 10.2. The van der Waals surface area contributed by atoms with E-state index in [1.54, 1.807) is 6.20 Å². The van der Waals surface area contributed by atoms with Gasteiger partial charge in [0.15, 0.2) is 0 Å². The van der Waals surface area contributed by atoms with Crippen LogP contribution in [0.5, 0.6) is 0 Å². The highest BCUT2D eigenvalue weighted by atomic mass is 16.5. The van der Waals surface area contributed by atoms with Crippen LogP contribution in [0.3, 0.4) is 0 Å². The number of rotatable bonds is 4. The van der Waals surface area contributed by atoms with Gasteiger partial charge in [-0.1, -0.05) is 18.2 Å². The zero-order valence-electron chi connectivity index (χ0n) is 10.6. The van der Waals surface area contributed by atoms with Gasteiger partial charge in [-0.25, -0.2) is 0 Å². The number of hydrogen-bond donors (Lipinski definition) is 1. The Kier molecular flexibility index (Phi) is 3.67. The van der Waals surface area contributed by atoms with Crippen molar-refractivity contribution in [2.45, 2.75) is 33.1 Å². The Morgan fingerprint density at radius 1 is 1.39 bits per heavy atom. The number of hydrogen-bond acceptors (Lipinski definition) is 3. The second-order valence-electron chi connectivity index (χ2n) is 4.50. The van der Waals surface area contributed by atoms with E-state index in [1.165, 1.54) is 0 Å². The fourth-order valence-electron chi connectivity index (χ4n) is 2.02. The number of aromatic nitrogens is 1. The largest absolute Gasteiger partial charge is 0.462 e. The molecule has 1 aromatic carbocycles. The molecule has 0 bridgehead atoms. The van der Waals surface area contributed by atoms with Crippen LogP contribution in [-0.4, -0.2) is 21.7 Å². The van der Waals surface area contributed by atoms with Gasteiger partial charge in [-0.2, -0.15) is 0 Å². The normalized spacial score (nSPS) is 11.1. The highest BCUT2D eigenvalue weighted by Gasteiger charge is 2.11. The monoisotopic (exact) mass is 247 g/mol. The van der Waals surface area contributed by atoms with Gasteiger partial charge in [0.25, 0.3) is 0 Å². The quantitative estimate of drug-likeness (QED) is 0.842. The van der Waals surface area contributed by atoms with Crippen LogP contribution in [0.4, 0.5) is 0 Å². The van der Waals surface area contributed by atoms with E-state index in [1.807, 2.05) is 42.7 Å². The number of para-hydroxylation sites is 1. The number of nitrogens with zero attached hydrogens (tertiary/aromatic N) is 1. The summed E-state index contributed by atoms with van der Waals surface area (Å²) in [6.07, 6.45) is 1.68. The van der Waals surface area contributed by atoms with Crippen molar-refractivity contribution in [3.05, 3.63) is 36.0 Å². The number of aliphatic hydroxyl groups excluding tert-OH is 1. The number of aliphatic hydroxyl groups is 1. The minimum Gasteiger partial charge on any atom is -0.462 e. The fraction of sp³-hybridized carbons (Fsp3) is 0.357. The Hall–Kier alpha value is -1.81. The van der Waals surface area contributed by atoms with Crippen molar-refractivity contribution < 1.29 is 14.6 Å². The average molecular weight is 247 g/mol. The zero-order valence-corrected chi connectivity index (χ0v) is 10.6. The maximum atomic E-state index is 11.7. The number of fused-ring (bicyclic) bond motifs is 1. The van der Waals surface area contributed by atoms with Gasteiger partial charge in [0.1, 0.15) is 6.54 Å². The summed E-state index contributed by atoms with van der Waals surface area (Å²) < 4.78 is 6.93. The average Bonchev–Trinajstić information content (AvgIpc) is 2.67. The zero-order chi connectivity index (χ0) is 13.1. The number of ether oxygens (including phenoxy) is 1. The van der Waals surface area contributed by atoms with Gasteiger partial charge in [-0.3, -0.25) is 4.79 Å². The second kappa shape index (κ2) is 5.23. The minimum absolute atomic E-state index is 0.0350. The van der Waals surface area contributed by atoms with Crippen molar-refractivity contribution >= 4 is 16.9 Å². The van der Waals surface area contributed by atoms with Crippen molar-refractivity contribution in [3.8, 4) is 0 Å². The van der Waals surface area contributed by atoms with Gasteiger partial charge in [-0.05, 0) is 19.9 Å². The van der Waals surface area contributed by atoms with E-state index in [0.717, 1.165) is 16.5 Å². The summed E-state index contributed by atoms with van der Waals surface area (Å²) in [7, 11) is 0. The first-order chi connectivity index (χ1) is 8.61. The SMILES string of the molecule is CC(C)OC(=O)Cn1cc(CO)c2ccccc21. The topological polar surface area (TPSA) is 51.5 Å². The van der Waals surface area contributed by atoms with Crippen LogP contribution in [-0.2, 0) is 22.7 Å². The Bertz CT molecular complexity index is 557. The predicted molar refractivity (Wildman–Crippen MR) is 69.1 cm³/mol. The predicted octanol–water partition coefficient (Wildman–Crippen LogP) is 2.09.